The van der Waals surface area contributed by atoms with Crippen molar-refractivity contribution in [3.8, 4) is 11.1 Å². The van der Waals surface area contributed by atoms with Gasteiger partial charge in [-0.3, -0.25) is 9.69 Å². The zero-order chi connectivity index (χ0) is 26.1. The summed E-state index contributed by atoms with van der Waals surface area (Å²) in [5.41, 5.74) is -1.70. The Morgan fingerprint density at radius 3 is 2.17 bits per heavy atom. The maximum atomic E-state index is 13.4. The number of alkyl halides is 6. The molecule has 0 aromatic heterocycles. The maximum Gasteiger partial charge on any atom is 0.416 e. The van der Waals surface area contributed by atoms with Crippen LogP contribution in [0.3, 0.4) is 0 Å². The predicted molar refractivity (Wildman–Crippen MR) is 129 cm³/mol. The number of thiocarbonyl (C=S) groups is 1. The van der Waals surface area contributed by atoms with Crippen molar-refractivity contribution in [3.63, 3.8) is 0 Å². The summed E-state index contributed by atoms with van der Waals surface area (Å²) in [5.74, 6) is -0.384. The molecular formula is C24H20F6N2O2S2. The van der Waals surface area contributed by atoms with Crippen LogP contribution >= 0.6 is 24.0 Å². The second kappa shape index (κ2) is 10.5. The molecule has 0 atom stereocenters. The van der Waals surface area contributed by atoms with Crippen molar-refractivity contribution in [2.45, 2.75) is 18.8 Å². The lowest BCUT2D eigenvalue weighted by Gasteiger charge is -2.27. The van der Waals surface area contributed by atoms with Crippen molar-refractivity contribution in [1.29, 1.82) is 0 Å². The average molecular weight is 547 g/mol. The zero-order valence-corrected chi connectivity index (χ0v) is 20.3. The van der Waals surface area contributed by atoms with Gasteiger partial charge in [-0.1, -0.05) is 42.2 Å². The highest BCUT2D eigenvalue weighted by Gasteiger charge is 2.37. The lowest BCUT2D eigenvalue weighted by molar-refractivity contribution is -0.143. The molecule has 4 rings (SSSR count). The van der Waals surface area contributed by atoms with Crippen LogP contribution in [0.15, 0.2) is 47.4 Å². The van der Waals surface area contributed by atoms with E-state index < -0.39 is 23.5 Å². The molecular weight excluding hydrogens is 526 g/mol. The largest absolute Gasteiger partial charge is 0.416 e. The lowest BCUT2D eigenvalue weighted by atomic mass is 9.94. The third-order valence-electron chi connectivity index (χ3n) is 5.80. The number of rotatable bonds is 5. The molecule has 2 aliphatic heterocycles. The van der Waals surface area contributed by atoms with Crippen molar-refractivity contribution < 1.29 is 35.9 Å². The molecule has 4 nitrogen and oxygen atoms in total. The summed E-state index contributed by atoms with van der Waals surface area (Å²) in [5, 5.41) is 2.56. The van der Waals surface area contributed by atoms with Gasteiger partial charge in [-0.25, -0.2) is 0 Å². The fraction of sp³-hybridized carbons (Fsp3) is 0.333. The number of thioether (sulfide) groups is 1. The SMILES string of the molecule is O=C1NC(=S)S/C1=C(/CCN1CCOCC1)c1cccc(-c2cc(C(F)(F)F)cc(C(F)(F)F)c2)c1. The van der Waals surface area contributed by atoms with E-state index in [1.807, 2.05) is 0 Å². The summed E-state index contributed by atoms with van der Waals surface area (Å²) in [6.45, 7) is 3.18. The van der Waals surface area contributed by atoms with Crippen molar-refractivity contribution in [2.24, 2.45) is 0 Å². The van der Waals surface area contributed by atoms with E-state index in [4.69, 9.17) is 17.0 Å². The number of benzene rings is 2. The fourth-order valence-electron chi connectivity index (χ4n) is 4.00. The Balaban J connectivity index is 1.76. The van der Waals surface area contributed by atoms with Gasteiger partial charge in [0.25, 0.3) is 5.91 Å². The molecule has 0 aliphatic carbocycles. The quantitative estimate of drug-likeness (QED) is 0.284. The molecule has 0 spiro atoms. The van der Waals surface area contributed by atoms with Gasteiger partial charge in [0.05, 0.1) is 29.2 Å². The molecule has 12 heteroatoms. The topological polar surface area (TPSA) is 41.6 Å². The van der Waals surface area contributed by atoms with E-state index in [0.29, 0.717) is 67.4 Å². The highest BCUT2D eigenvalue weighted by atomic mass is 32.2. The first kappa shape index (κ1) is 26.6. The van der Waals surface area contributed by atoms with Crippen LogP contribution in [0.1, 0.15) is 23.1 Å². The van der Waals surface area contributed by atoms with Gasteiger partial charge >= 0.3 is 12.4 Å². The van der Waals surface area contributed by atoms with Crippen LogP contribution in [0.5, 0.6) is 0 Å². The number of halogens is 6. The Labute approximate surface area is 212 Å². The fourth-order valence-corrected chi connectivity index (χ4v) is 5.16. The minimum Gasteiger partial charge on any atom is -0.379 e. The number of carbonyl (C=O) groups is 1. The Morgan fingerprint density at radius 1 is 0.972 bits per heavy atom. The van der Waals surface area contributed by atoms with Crippen molar-refractivity contribution in [1.82, 2.24) is 10.2 Å². The summed E-state index contributed by atoms with van der Waals surface area (Å²) in [7, 11) is 0. The van der Waals surface area contributed by atoms with E-state index in [1.165, 1.54) is 12.1 Å². The number of ether oxygens (including phenoxy) is 1. The molecule has 2 fully saturated rings. The molecule has 2 saturated heterocycles. The Hall–Kier alpha value is -2.41. The summed E-state index contributed by atoms with van der Waals surface area (Å²) in [6, 6.07) is 7.66. The van der Waals surface area contributed by atoms with E-state index in [1.54, 1.807) is 12.1 Å². The smallest absolute Gasteiger partial charge is 0.379 e. The molecule has 0 radical (unpaired) electrons. The van der Waals surface area contributed by atoms with Gasteiger partial charge in [0, 0.05) is 19.6 Å². The first-order valence-corrected chi connectivity index (χ1v) is 12.1. The summed E-state index contributed by atoms with van der Waals surface area (Å²) in [4.78, 5) is 15.1. The predicted octanol–water partition coefficient (Wildman–Crippen LogP) is 5.97. The number of morpholine rings is 1. The normalized spacial score (nSPS) is 18.9. The van der Waals surface area contributed by atoms with Gasteiger partial charge in [0.1, 0.15) is 4.32 Å². The van der Waals surface area contributed by atoms with Gasteiger partial charge in [-0.05, 0) is 52.9 Å². The molecule has 1 N–H and O–H groups in total. The molecule has 192 valence electrons. The number of carbonyl (C=O) groups excluding carboxylic acids is 1. The Morgan fingerprint density at radius 2 is 1.61 bits per heavy atom. The van der Waals surface area contributed by atoms with Crippen LogP contribution < -0.4 is 5.32 Å². The van der Waals surface area contributed by atoms with E-state index in [2.05, 4.69) is 10.2 Å². The molecule has 2 aromatic rings. The number of hydrogen-bond acceptors (Lipinski definition) is 5. The van der Waals surface area contributed by atoms with Crippen LogP contribution in [0.4, 0.5) is 26.3 Å². The van der Waals surface area contributed by atoms with E-state index in [0.717, 1.165) is 11.8 Å². The minimum atomic E-state index is -4.95. The number of amides is 1. The van der Waals surface area contributed by atoms with Gasteiger partial charge in [-0.15, -0.1) is 0 Å². The minimum absolute atomic E-state index is 0.101. The maximum absolute atomic E-state index is 13.4. The summed E-state index contributed by atoms with van der Waals surface area (Å²) < 4.78 is 85.9. The molecule has 36 heavy (non-hydrogen) atoms. The monoisotopic (exact) mass is 546 g/mol. The van der Waals surface area contributed by atoms with Gasteiger partial charge in [-0.2, -0.15) is 26.3 Å². The van der Waals surface area contributed by atoms with E-state index in [-0.39, 0.29) is 27.4 Å². The molecule has 2 aliphatic rings. The molecule has 2 heterocycles. The van der Waals surface area contributed by atoms with E-state index >= 15 is 0 Å². The first-order chi connectivity index (χ1) is 16.9. The summed E-state index contributed by atoms with van der Waals surface area (Å²) >= 11 is 6.20. The van der Waals surface area contributed by atoms with Gasteiger partial charge in [0.15, 0.2) is 0 Å². The zero-order valence-electron chi connectivity index (χ0n) is 18.6. The first-order valence-electron chi connectivity index (χ1n) is 10.9. The van der Waals surface area contributed by atoms with Crippen LogP contribution in [0, 0.1) is 0 Å². The average Bonchev–Trinajstić information content (AvgIpc) is 3.16. The van der Waals surface area contributed by atoms with E-state index in [9.17, 15) is 31.1 Å². The molecule has 0 saturated carbocycles. The van der Waals surface area contributed by atoms with Gasteiger partial charge in [0.2, 0.25) is 0 Å². The van der Waals surface area contributed by atoms with Crippen LogP contribution in [-0.2, 0) is 21.9 Å². The third kappa shape index (κ3) is 6.28. The van der Waals surface area contributed by atoms with Crippen molar-refractivity contribution in [3.05, 3.63) is 64.1 Å². The van der Waals surface area contributed by atoms with Crippen LogP contribution in [0.2, 0.25) is 0 Å². The third-order valence-corrected chi connectivity index (χ3v) is 7.08. The molecule has 0 bridgehead atoms. The molecule has 2 aromatic carbocycles. The highest BCUT2D eigenvalue weighted by molar-refractivity contribution is 8.26. The van der Waals surface area contributed by atoms with Crippen molar-refractivity contribution >= 4 is 39.8 Å². The van der Waals surface area contributed by atoms with Crippen molar-refractivity contribution in [2.75, 3.05) is 32.8 Å². The summed E-state index contributed by atoms with van der Waals surface area (Å²) in [6.07, 6.45) is -9.47. The molecule has 0 unspecified atom stereocenters. The highest BCUT2D eigenvalue weighted by Crippen LogP contribution is 2.40. The van der Waals surface area contributed by atoms with Crippen LogP contribution in [0.25, 0.3) is 16.7 Å². The second-order valence-electron chi connectivity index (χ2n) is 8.23. The lowest BCUT2D eigenvalue weighted by Crippen LogP contribution is -2.37. The Bertz CT molecular complexity index is 1170. The number of nitrogens with zero attached hydrogens (tertiary/aromatic N) is 1. The number of hydrogen-bond donors (Lipinski definition) is 1. The standard InChI is InChI=1S/C24H20F6N2O2S2/c25-23(26,27)17-11-16(12-18(13-17)24(28,29)30)14-2-1-3-15(10-14)19(20-21(33)31-22(35)36-20)4-5-32-6-8-34-9-7-32/h1-3,10-13H,4-9H2,(H,31,33,35)/b20-19-. The van der Waals surface area contributed by atoms with Gasteiger partial charge < -0.3 is 10.1 Å². The van der Waals surface area contributed by atoms with Crippen LogP contribution in [-0.4, -0.2) is 48.0 Å². The second-order valence-corrected chi connectivity index (χ2v) is 9.92. The number of nitrogens with one attached hydrogen (secondary N) is 1. The molecule has 1 amide bonds. The Kier molecular flexibility index (Phi) is 7.79.